The zero-order valence-electron chi connectivity index (χ0n) is 35.1. The number of pyridine rings is 1. The van der Waals surface area contributed by atoms with Crippen LogP contribution in [0.4, 0.5) is 0 Å². The van der Waals surface area contributed by atoms with E-state index in [-0.39, 0.29) is 38.6 Å². The molecule has 9 rings (SSSR count). The van der Waals surface area contributed by atoms with Gasteiger partial charge in [-0.1, -0.05) is 135 Å². The Hall–Kier alpha value is -4.79. The van der Waals surface area contributed by atoms with E-state index in [0.717, 1.165) is 44.7 Å². The third kappa shape index (κ3) is 7.39. The van der Waals surface area contributed by atoms with Gasteiger partial charge in [-0.15, -0.1) is 41.5 Å². The third-order valence-corrected chi connectivity index (χ3v) is 12.4. The summed E-state index contributed by atoms with van der Waals surface area (Å²) in [7, 11) is 0. The van der Waals surface area contributed by atoms with Gasteiger partial charge in [0.1, 0.15) is 12.0 Å². The summed E-state index contributed by atoms with van der Waals surface area (Å²) in [5, 5.41) is 2.37. The van der Waals surface area contributed by atoms with Crippen LogP contribution in [0.15, 0.2) is 102 Å². The van der Waals surface area contributed by atoms with Crippen molar-refractivity contribution in [1.29, 1.82) is 0 Å². The standard InChI is InChI=1S/C53H53N3O.Pt/c1-32-19-20-47-44(25-32)45-26-34(3)43(46-30-41(21-22-54-46)53(6,7)8)31-48(45)56(47)42-28-39(49-35(4)23-33(2)24-36(49)5)27-40(29-42)52-55-50(37-15-11-9-12-16-37)51(57-52)38-17-13-10-14-18-38;/h10,13-14,17-28,30,37,50-51H,9,11-12,15-16H2,1-8H3;/q-2;+2/t50-,51-;/m1./s1. The maximum atomic E-state index is 7.06. The van der Waals surface area contributed by atoms with Gasteiger partial charge in [0, 0.05) is 11.7 Å². The van der Waals surface area contributed by atoms with Crippen LogP contribution in [0.2, 0.25) is 0 Å². The largest absolute Gasteiger partial charge is 2.00 e. The number of rotatable bonds is 6. The smallest absolute Gasteiger partial charge is 0.510 e. The number of aryl methyl sites for hydroxylation is 5. The minimum atomic E-state index is -0.126. The van der Waals surface area contributed by atoms with Gasteiger partial charge >= 0.3 is 21.1 Å². The number of benzene rings is 5. The molecule has 1 saturated carbocycles. The maximum Gasteiger partial charge on any atom is 2.00 e. The summed E-state index contributed by atoms with van der Waals surface area (Å²) in [4.78, 5) is 10.4. The number of hydrogen-bond acceptors (Lipinski definition) is 3. The summed E-state index contributed by atoms with van der Waals surface area (Å²) in [5.74, 6) is 1.18. The van der Waals surface area contributed by atoms with Gasteiger partial charge in [0.15, 0.2) is 0 Å². The number of aliphatic imine (C=N–C) groups is 1. The third-order valence-electron chi connectivity index (χ3n) is 12.4. The molecule has 58 heavy (non-hydrogen) atoms. The van der Waals surface area contributed by atoms with E-state index in [1.807, 2.05) is 6.20 Å². The van der Waals surface area contributed by atoms with E-state index in [2.05, 4.69) is 163 Å². The first-order valence-corrected chi connectivity index (χ1v) is 20.8. The van der Waals surface area contributed by atoms with Gasteiger partial charge in [-0.25, -0.2) is 0 Å². The molecule has 7 aromatic rings. The van der Waals surface area contributed by atoms with E-state index in [0.29, 0.717) is 11.8 Å². The van der Waals surface area contributed by atoms with Crippen LogP contribution in [0.25, 0.3) is 49.9 Å². The van der Waals surface area contributed by atoms with Gasteiger partial charge in [0.25, 0.3) is 0 Å². The SMILES string of the molecule is Cc1cc(C)c(-c2cc(C3=N[C@H](C4CCCCC4)[C@@H](c4ccccc4)O3)[c-]c(-n3c4[c-]c(-c5cc(C(C)(C)C)ccn5)c(C)cc4c4cc(C)ccc43)c2)c(C)c1.[Pt+2]. The van der Waals surface area contributed by atoms with E-state index in [1.54, 1.807) is 0 Å². The summed E-state index contributed by atoms with van der Waals surface area (Å²) < 4.78 is 9.41. The number of aromatic nitrogens is 2. The minimum Gasteiger partial charge on any atom is -0.510 e. The number of ether oxygens (including phenoxy) is 1. The average Bonchev–Trinajstić information content (AvgIpc) is 3.77. The van der Waals surface area contributed by atoms with Crippen molar-refractivity contribution < 1.29 is 25.8 Å². The van der Waals surface area contributed by atoms with E-state index in [1.165, 1.54) is 81.8 Å². The zero-order valence-corrected chi connectivity index (χ0v) is 37.3. The predicted molar refractivity (Wildman–Crippen MR) is 237 cm³/mol. The second-order valence-electron chi connectivity index (χ2n) is 17.8. The normalized spacial score (nSPS) is 17.3. The molecule has 5 heteroatoms. The fourth-order valence-electron chi connectivity index (χ4n) is 9.62. The Kier molecular flexibility index (Phi) is 10.9. The monoisotopic (exact) mass is 942 g/mol. The Labute approximate surface area is 359 Å². The van der Waals surface area contributed by atoms with Crippen LogP contribution in [0.1, 0.15) is 103 Å². The molecular formula is C53H53N3OPt. The van der Waals surface area contributed by atoms with Crippen LogP contribution < -0.4 is 0 Å². The number of fused-ring (bicyclic) bond motifs is 3. The first-order chi connectivity index (χ1) is 27.4. The molecule has 0 spiro atoms. The van der Waals surface area contributed by atoms with E-state index in [9.17, 15) is 0 Å². The first-order valence-electron chi connectivity index (χ1n) is 20.8. The molecule has 3 heterocycles. The quantitative estimate of drug-likeness (QED) is 0.156. The maximum absolute atomic E-state index is 7.06. The van der Waals surface area contributed by atoms with Crippen molar-refractivity contribution in [3.8, 4) is 28.1 Å². The van der Waals surface area contributed by atoms with Crippen LogP contribution in [0.5, 0.6) is 0 Å². The fourth-order valence-corrected chi connectivity index (χ4v) is 9.62. The Morgan fingerprint density at radius 1 is 0.724 bits per heavy atom. The minimum absolute atomic E-state index is 0. The van der Waals surface area contributed by atoms with Crippen molar-refractivity contribution in [2.45, 2.75) is 105 Å². The molecule has 0 saturated heterocycles. The molecular weight excluding hydrogens is 890 g/mol. The zero-order chi connectivity index (χ0) is 39.6. The van der Waals surface area contributed by atoms with Gasteiger partial charge in [0.05, 0.1) is 6.04 Å². The van der Waals surface area contributed by atoms with Crippen molar-refractivity contribution in [2.24, 2.45) is 10.9 Å². The summed E-state index contributed by atoms with van der Waals surface area (Å²) >= 11 is 0. The molecule has 296 valence electrons. The molecule has 1 aliphatic heterocycles. The van der Waals surface area contributed by atoms with Gasteiger partial charge in [0.2, 0.25) is 0 Å². The van der Waals surface area contributed by atoms with Crippen LogP contribution in [0.3, 0.4) is 0 Å². The molecule has 0 N–H and O–H groups in total. The van der Waals surface area contributed by atoms with Crippen molar-refractivity contribution in [3.05, 3.63) is 154 Å². The van der Waals surface area contributed by atoms with Gasteiger partial charge in [-0.2, -0.15) is 0 Å². The Bertz CT molecular complexity index is 2670. The van der Waals surface area contributed by atoms with E-state index in [4.69, 9.17) is 14.7 Å². The fraction of sp³-hybridized carbons (Fsp3) is 0.321. The summed E-state index contributed by atoms with van der Waals surface area (Å²) in [5.41, 5.74) is 16.9. The summed E-state index contributed by atoms with van der Waals surface area (Å²) in [6.07, 6.45) is 8.01. The van der Waals surface area contributed by atoms with E-state index < -0.39 is 0 Å². The van der Waals surface area contributed by atoms with Crippen LogP contribution in [-0.2, 0) is 31.2 Å². The van der Waals surface area contributed by atoms with E-state index >= 15 is 0 Å². The predicted octanol–water partition coefficient (Wildman–Crippen LogP) is 13.4. The summed E-state index contributed by atoms with van der Waals surface area (Å²) in [6, 6.07) is 41.3. The molecule has 4 nitrogen and oxygen atoms in total. The molecule has 2 aromatic heterocycles. The van der Waals surface area contributed by atoms with Crippen molar-refractivity contribution in [3.63, 3.8) is 0 Å². The van der Waals surface area contributed by atoms with Crippen molar-refractivity contribution >= 4 is 27.7 Å². The van der Waals surface area contributed by atoms with Crippen LogP contribution in [0, 0.1) is 52.7 Å². The van der Waals surface area contributed by atoms with Gasteiger partial charge in [-0.3, -0.25) is 4.99 Å². The first kappa shape index (κ1) is 40.0. The molecule has 0 radical (unpaired) electrons. The molecule has 5 aromatic carbocycles. The molecule has 2 atom stereocenters. The topological polar surface area (TPSA) is 39.4 Å². The Morgan fingerprint density at radius 3 is 2.19 bits per heavy atom. The number of nitrogens with zero attached hydrogens (tertiary/aromatic N) is 3. The average molecular weight is 943 g/mol. The second-order valence-corrected chi connectivity index (χ2v) is 17.8. The molecule has 1 fully saturated rings. The van der Waals surface area contributed by atoms with Crippen LogP contribution >= 0.6 is 0 Å². The van der Waals surface area contributed by atoms with Gasteiger partial charge in [-0.05, 0) is 114 Å². The Balaban J connectivity index is 0.00000469. The molecule has 0 unspecified atom stereocenters. The molecule has 0 amide bonds. The van der Waals surface area contributed by atoms with Crippen molar-refractivity contribution in [1.82, 2.24) is 9.55 Å². The number of hydrogen-bond donors (Lipinski definition) is 0. The molecule has 2 aliphatic rings. The molecule has 0 bridgehead atoms. The van der Waals surface area contributed by atoms with Crippen LogP contribution in [-0.4, -0.2) is 21.5 Å². The Morgan fingerprint density at radius 2 is 1.47 bits per heavy atom. The summed E-state index contributed by atoms with van der Waals surface area (Å²) in [6.45, 7) is 17.7. The molecule has 1 aliphatic carbocycles. The van der Waals surface area contributed by atoms with Gasteiger partial charge < -0.3 is 14.3 Å². The second kappa shape index (κ2) is 15.8. The van der Waals surface area contributed by atoms with Crippen molar-refractivity contribution in [2.75, 3.05) is 0 Å².